The molecule has 3 amide bonds. The molecule has 0 radical (unpaired) electrons. The maximum Gasteiger partial charge on any atom is 0.337 e. The van der Waals surface area contributed by atoms with Gasteiger partial charge in [0.2, 0.25) is 5.91 Å². The van der Waals surface area contributed by atoms with Gasteiger partial charge in [0.1, 0.15) is 11.6 Å². The zero-order valence-corrected chi connectivity index (χ0v) is 24.1. The molecular formula is C28H36ClN5O7. The molecule has 0 unspecified atom stereocenters. The van der Waals surface area contributed by atoms with E-state index < -0.39 is 29.9 Å². The number of halogens is 1. The van der Waals surface area contributed by atoms with Gasteiger partial charge in [0.05, 0.1) is 50.9 Å². The number of amidine groups is 1. The minimum absolute atomic E-state index is 0.0299. The van der Waals surface area contributed by atoms with E-state index in [1.54, 1.807) is 31.4 Å². The molecule has 0 spiro atoms. The summed E-state index contributed by atoms with van der Waals surface area (Å²) in [6.45, 7) is 2.46. The summed E-state index contributed by atoms with van der Waals surface area (Å²) < 4.78 is 10.4. The number of hydrogen-bond donors (Lipinski definition) is 4. The standard InChI is InChI=1S/C28H36ClN5O7/c1-4-5-23(17-6-8-21(27(36)37)22(30)14-17)32-28(38)34-16-25(33-41-11-10-39-2)31-15-19(26(34)35)12-18-13-20(29)7-9-24(18)40-3/h6-9,13-14,19,23H,4-5,10-12,15-16,30H2,1-3H3,(H,31,33)(H,32,38)(H,36,37)/t19-,23+/m0/s1. The third-order valence-electron chi connectivity index (χ3n) is 6.54. The second-order valence-electron chi connectivity index (χ2n) is 9.45. The Hall–Kier alpha value is -3.87. The summed E-state index contributed by atoms with van der Waals surface area (Å²) in [5, 5.41) is 12.7. The van der Waals surface area contributed by atoms with Crippen molar-refractivity contribution in [3.8, 4) is 5.75 Å². The molecule has 12 nitrogen and oxygen atoms in total. The van der Waals surface area contributed by atoms with Crippen LogP contribution >= 0.6 is 11.6 Å². The Morgan fingerprint density at radius 1 is 1.22 bits per heavy atom. The van der Waals surface area contributed by atoms with Crippen LogP contribution in [0.1, 0.15) is 47.3 Å². The zero-order valence-electron chi connectivity index (χ0n) is 23.3. The molecule has 0 aliphatic carbocycles. The van der Waals surface area contributed by atoms with E-state index in [0.29, 0.717) is 47.2 Å². The van der Waals surface area contributed by atoms with Crippen LogP contribution in [-0.2, 0) is 20.8 Å². The third-order valence-corrected chi connectivity index (χ3v) is 6.78. The number of ether oxygens (including phenoxy) is 2. The summed E-state index contributed by atoms with van der Waals surface area (Å²) in [6, 6.07) is 8.52. The number of benzene rings is 2. The lowest BCUT2D eigenvalue weighted by Crippen LogP contribution is -2.50. The number of carboxylic acid groups (broad SMARTS) is 1. The van der Waals surface area contributed by atoms with Crippen molar-refractivity contribution in [1.82, 2.24) is 15.7 Å². The number of amides is 3. The van der Waals surface area contributed by atoms with Gasteiger partial charge in [0.25, 0.3) is 0 Å². The maximum absolute atomic E-state index is 13.8. The minimum Gasteiger partial charge on any atom is -0.496 e. The molecule has 3 rings (SSSR count). The number of imide groups is 1. The number of nitrogens with one attached hydrogen (secondary N) is 2. The molecule has 41 heavy (non-hydrogen) atoms. The number of urea groups is 1. The van der Waals surface area contributed by atoms with E-state index in [4.69, 9.17) is 31.6 Å². The number of rotatable bonds is 12. The average molecular weight is 590 g/mol. The van der Waals surface area contributed by atoms with Gasteiger partial charge in [-0.15, -0.1) is 0 Å². The first-order chi connectivity index (χ1) is 19.7. The first-order valence-corrected chi connectivity index (χ1v) is 13.5. The Morgan fingerprint density at radius 3 is 2.66 bits per heavy atom. The second-order valence-corrected chi connectivity index (χ2v) is 9.89. The summed E-state index contributed by atoms with van der Waals surface area (Å²) in [6.07, 6.45) is 1.47. The number of carbonyl (C=O) groups excluding carboxylic acids is 2. The van der Waals surface area contributed by atoms with Crippen molar-refractivity contribution < 1.29 is 33.8 Å². The molecule has 2 aromatic rings. The number of methoxy groups -OCH3 is 2. The van der Waals surface area contributed by atoms with E-state index in [0.717, 1.165) is 4.90 Å². The molecule has 2 atom stereocenters. The highest BCUT2D eigenvalue weighted by molar-refractivity contribution is 6.30. The summed E-state index contributed by atoms with van der Waals surface area (Å²) in [4.78, 5) is 49.9. The highest BCUT2D eigenvalue weighted by Gasteiger charge is 2.34. The Labute approximate surface area is 243 Å². The SMILES string of the molecule is CCC[C@@H](NC(=O)N1CC(NOCCOC)=NC[C@H](Cc2cc(Cl)ccc2OC)C1=O)c1ccc(C(=O)O)c(N)c1. The van der Waals surface area contributed by atoms with Gasteiger partial charge in [0, 0.05) is 17.8 Å². The highest BCUT2D eigenvalue weighted by atomic mass is 35.5. The van der Waals surface area contributed by atoms with Crippen molar-refractivity contribution in [3.63, 3.8) is 0 Å². The Morgan fingerprint density at radius 2 is 2.00 bits per heavy atom. The fourth-order valence-electron chi connectivity index (χ4n) is 4.45. The number of nitrogen functional groups attached to an aromatic ring is 1. The molecule has 5 N–H and O–H groups in total. The number of hydrogen-bond acceptors (Lipinski definition) is 9. The molecule has 2 aromatic carbocycles. The van der Waals surface area contributed by atoms with Crippen LogP contribution in [0, 0.1) is 5.92 Å². The zero-order chi connectivity index (χ0) is 29.9. The Balaban J connectivity index is 1.88. The fourth-order valence-corrected chi connectivity index (χ4v) is 4.64. The molecule has 1 heterocycles. The highest BCUT2D eigenvalue weighted by Crippen LogP contribution is 2.28. The molecule has 13 heteroatoms. The van der Waals surface area contributed by atoms with Gasteiger partial charge in [-0.2, -0.15) is 0 Å². The fraction of sp³-hybridized carbons (Fsp3) is 0.429. The van der Waals surface area contributed by atoms with Crippen LogP contribution in [0.25, 0.3) is 0 Å². The smallest absolute Gasteiger partial charge is 0.337 e. The van der Waals surface area contributed by atoms with E-state index in [1.807, 2.05) is 6.92 Å². The van der Waals surface area contributed by atoms with Gasteiger partial charge in [-0.3, -0.25) is 25.0 Å². The molecule has 0 saturated heterocycles. The van der Waals surface area contributed by atoms with E-state index in [-0.39, 0.29) is 37.4 Å². The van der Waals surface area contributed by atoms with Crippen LogP contribution in [0.4, 0.5) is 10.5 Å². The number of aromatic carboxylic acids is 1. The number of aliphatic imine (C=N–C) groups is 1. The van der Waals surface area contributed by atoms with Gasteiger partial charge in [-0.1, -0.05) is 31.0 Å². The number of nitrogens with two attached hydrogens (primary N) is 1. The van der Waals surface area contributed by atoms with Crippen LogP contribution < -0.4 is 21.3 Å². The summed E-state index contributed by atoms with van der Waals surface area (Å²) in [5.41, 5.74) is 10.1. The van der Waals surface area contributed by atoms with Gasteiger partial charge >= 0.3 is 12.0 Å². The van der Waals surface area contributed by atoms with Gasteiger partial charge in [-0.25, -0.2) is 9.59 Å². The first kappa shape index (κ1) is 31.7. The predicted molar refractivity (Wildman–Crippen MR) is 154 cm³/mol. The van der Waals surface area contributed by atoms with Crippen LogP contribution in [0.3, 0.4) is 0 Å². The second kappa shape index (κ2) is 15.2. The number of carbonyl (C=O) groups is 3. The van der Waals surface area contributed by atoms with Crippen LogP contribution in [0.15, 0.2) is 41.4 Å². The molecule has 0 bridgehead atoms. The van der Waals surface area contributed by atoms with Crippen molar-refractivity contribution in [2.45, 2.75) is 32.2 Å². The Kier molecular flexibility index (Phi) is 11.7. The largest absolute Gasteiger partial charge is 0.496 e. The van der Waals surface area contributed by atoms with Crippen LogP contribution in [-0.4, -0.2) is 74.3 Å². The predicted octanol–water partition coefficient (Wildman–Crippen LogP) is 3.45. The van der Waals surface area contributed by atoms with Crippen LogP contribution in [0.2, 0.25) is 5.02 Å². The quantitative estimate of drug-likeness (QED) is 0.165. The van der Waals surface area contributed by atoms with Gasteiger partial charge in [-0.05, 0) is 54.3 Å². The van der Waals surface area contributed by atoms with E-state index in [2.05, 4.69) is 15.8 Å². The molecule has 0 aromatic heterocycles. The minimum atomic E-state index is -1.14. The van der Waals surface area contributed by atoms with Crippen molar-refractivity contribution in [1.29, 1.82) is 0 Å². The lowest BCUT2D eigenvalue weighted by Gasteiger charge is -2.27. The van der Waals surface area contributed by atoms with Crippen molar-refractivity contribution in [3.05, 3.63) is 58.1 Å². The van der Waals surface area contributed by atoms with Gasteiger partial charge in [0.15, 0.2) is 0 Å². The number of hydroxylamine groups is 1. The summed E-state index contributed by atoms with van der Waals surface area (Å²) in [5.74, 6) is -1.40. The average Bonchev–Trinajstić information content (AvgIpc) is 3.09. The lowest BCUT2D eigenvalue weighted by atomic mass is 9.97. The lowest BCUT2D eigenvalue weighted by molar-refractivity contribution is -0.131. The molecule has 222 valence electrons. The van der Waals surface area contributed by atoms with E-state index in [9.17, 15) is 19.5 Å². The normalized spacial score (nSPS) is 16.0. The number of carboxylic acids is 1. The van der Waals surface area contributed by atoms with Gasteiger partial charge < -0.3 is 25.6 Å². The van der Waals surface area contributed by atoms with E-state index in [1.165, 1.54) is 19.2 Å². The summed E-state index contributed by atoms with van der Waals surface area (Å²) >= 11 is 6.21. The van der Waals surface area contributed by atoms with Crippen LogP contribution in [0.5, 0.6) is 5.75 Å². The molecule has 1 aliphatic heterocycles. The van der Waals surface area contributed by atoms with Crippen molar-refractivity contribution >= 4 is 41.0 Å². The topological polar surface area (TPSA) is 165 Å². The van der Waals surface area contributed by atoms with E-state index >= 15 is 0 Å². The van der Waals surface area contributed by atoms with Crippen molar-refractivity contribution in [2.75, 3.05) is 46.3 Å². The number of anilines is 1. The Bertz CT molecular complexity index is 1270. The third kappa shape index (κ3) is 8.56. The first-order valence-electron chi connectivity index (χ1n) is 13.2. The molecule has 0 saturated carbocycles. The van der Waals surface area contributed by atoms with Crippen molar-refractivity contribution in [2.24, 2.45) is 10.9 Å². The molecular weight excluding hydrogens is 554 g/mol. The molecule has 1 aliphatic rings. The maximum atomic E-state index is 13.8. The molecule has 0 fully saturated rings. The summed E-state index contributed by atoms with van der Waals surface area (Å²) in [7, 11) is 3.07. The monoisotopic (exact) mass is 589 g/mol. The number of nitrogens with zero attached hydrogens (tertiary/aromatic N) is 2.